The zero-order valence-corrected chi connectivity index (χ0v) is 16.7. The predicted octanol–water partition coefficient (Wildman–Crippen LogP) is 4.99. The highest BCUT2D eigenvalue weighted by atomic mass is 19.1. The molecule has 0 radical (unpaired) electrons. The molecule has 3 aromatic rings. The summed E-state index contributed by atoms with van der Waals surface area (Å²) in [5.41, 5.74) is 3.50. The highest BCUT2D eigenvalue weighted by Gasteiger charge is 2.06. The summed E-state index contributed by atoms with van der Waals surface area (Å²) in [6, 6.07) is 17.7. The zero-order chi connectivity index (χ0) is 20.6. The normalized spacial score (nSPS) is 10.4. The molecule has 6 heteroatoms. The number of hydrogen-bond donors (Lipinski definition) is 2. The van der Waals surface area contributed by atoms with E-state index in [9.17, 15) is 9.18 Å². The van der Waals surface area contributed by atoms with Crippen LogP contribution >= 0.6 is 0 Å². The Bertz CT molecular complexity index is 921. The molecule has 0 saturated heterocycles. The number of nitrogens with zero attached hydrogens (tertiary/aromatic N) is 2. The van der Waals surface area contributed by atoms with Crippen LogP contribution < -0.4 is 15.5 Å². The van der Waals surface area contributed by atoms with Crippen molar-refractivity contribution in [3.8, 4) is 0 Å². The zero-order valence-electron chi connectivity index (χ0n) is 16.7. The first kappa shape index (κ1) is 20.3. The SMILES string of the molecule is CCN(CC)c1ccc(Nc2ccc(NC(=O)Cc3ccc(F)cc3)cn2)cc1. The van der Waals surface area contributed by atoms with Crippen molar-refractivity contribution in [2.75, 3.05) is 28.6 Å². The van der Waals surface area contributed by atoms with Crippen molar-refractivity contribution in [1.29, 1.82) is 0 Å². The Labute approximate surface area is 170 Å². The van der Waals surface area contributed by atoms with Crippen molar-refractivity contribution in [2.45, 2.75) is 20.3 Å². The van der Waals surface area contributed by atoms with E-state index < -0.39 is 0 Å². The number of carbonyl (C=O) groups excluding carboxylic acids is 1. The Morgan fingerprint density at radius 3 is 2.17 bits per heavy atom. The Morgan fingerprint density at radius 1 is 0.931 bits per heavy atom. The lowest BCUT2D eigenvalue weighted by atomic mass is 10.1. The van der Waals surface area contributed by atoms with Gasteiger partial charge in [-0.3, -0.25) is 4.79 Å². The third kappa shape index (κ3) is 5.78. The molecule has 0 unspecified atom stereocenters. The van der Waals surface area contributed by atoms with Gasteiger partial charge in [0.15, 0.2) is 0 Å². The quantitative estimate of drug-likeness (QED) is 0.567. The van der Waals surface area contributed by atoms with E-state index in [0.717, 1.165) is 24.3 Å². The average Bonchev–Trinajstić information content (AvgIpc) is 2.73. The summed E-state index contributed by atoms with van der Waals surface area (Å²) in [5.74, 6) is 0.201. The number of anilines is 4. The third-order valence-electron chi connectivity index (χ3n) is 4.59. The van der Waals surface area contributed by atoms with Gasteiger partial charge >= 0.3 is 0 Å². The molecule has 2 aromatic carbocycles. The second-order valence-electron chi connectivity index (χ2n) is 6.63. The molecule has 1 amide bonds. The number of halogens is 1. The van der Waals surface area contributed by atoms with Crippen molar-refractivity contribution >= 4 is 28.8 Å². The van der Waals surface area contributed by atoms with Gasteiger partial charge in [0, 0.05) is 24.5 Å². The van der Waals surface area contributed by atoms with Crippen LogP contribution in [0.4, 0.5) is 27.3 Å². The molecule has 0 fully saturated rings. The van der Waals surface area contributed by atoms with E-state index in [1.807, 2.05) is 18.2 Å². The molecule has 0 aliphatic carbocycles. The van der Waals surface area contributed by atoms with Crippen LogP contribution in [0.2, 0.25) is 0 Å². The predicted molar refractivity (Wildman–Crippen MR) is 116 cm³/mol. The monoisotopic (exact) mass is 392 g/mol. The van der Waals surface area contributed by atoms with E-state index in [2.05, 4.69) is 46.5 Å². The summed E-state index contributed by atoms with van der Waals surface area (Å²) in [7, 11) is 0. The lowest BCUT2D eigenvalue weighted by Gasteiger charge is -2.21. The fourth-order valence-electron chi connectivity index (χ4n) is 3.03. The first-order valence-electron chi connectivity index (χ1n) is 9.69. The second kappa shape index (κ2) is 9.68. The number of pyridine rings is 1. The number of benzene rings is 2. The lowest BCUT2D eigenvalue weighted by Crippen LogP contribution is -2.21. The molecular formula is C23H25FN4O. The van der Waals surface area contributed by atoms with Gasteiger partial charge in [-0.05, 0) is 67.9 Å². The Kier molecular flexibility index (Phi) is 6.79. The lowest BCUT2D eigenvalue weighted by molar-refractivity contribution is -0.115. The van der Waals surface area contributed by atoms with Crippen LogP contribution in [-0.4, -0.2) is 24.0 Å². The maximum absolute atomic E-state index is 12.9. The number of amides is 1. The minimum atomic E-state index is -0.316. The van der Waals surface area contributed by atoms with Crippen molar-refractivity contribution in [3.05, 3.63) is 78.2 Å². The van der Waals surface area contributed by atoms with E-state index in [4.69, 9.17) is 0 Å². The van der Waals surface area contributed by atoms with Gasteiger partial charge in [0.2, 0.25) is 5.91 Å². The van der Waals surface area contributed by atoms with Crippen molar-refractivity contribution < 1.29 is 9.18 Å². The molecule has 2 N–H and O–H groups in total. The molecule has 3 rings (SSSR count). The topological polar surface area (TPSA) is 57.3 Å². The fraction of sp³-hybridized carbons (Fsp3) is 0.217. The summed E-state index contributed by atoms with van der Waals surface area (Å²) in [6.07, 6.45) is 1.79. The van der Waals surface area contributed by atoms with Gasteiger partial charge in [0.25, 0.3) is 0 Å². The van der Waals surface area contributed by atoms with E-state index in [-0.39, 0.29) is 18.1 Å². The van der Waals surface area contributed by atoms with Gasteiger partial charge in [0.05, 0.1) is 18.3 Å². The standard InChI is InChI=1S/C23H25FN4O/c1-3-28(4-2)21-12-9-19(10-13-21)26-22-14-11-20(16-25-22)27-23(29)15-17-5-7-18(24)8-6-17/h5-14,16H,3-4,15H2,1-2H3,(H,25,26)(H,27,29). The van der Waals surface area contributed by atoms with Crippen molar-refractivity contribution in [1.82, 2.24) is 4.98 Å². The number of nitrogens with one attached hydrogen (secondary N) is 2. The van der Waals surface area contributed by atoms with Gasteiger partial charge in [-0.2, -0.15) is 0 Å². The summed E-state index contributed by atoms with van der Waals surface area (Å²) < 4.78 is 12.9. The Balaban J connectivity index is 1.55. The van der Waals surface area contributed by atoms with Gasteiger partial charge in [-0.15, -0.1) is 0 Å². The Morgan fingerprint density at radius 2 is 1.59 bits per heavy atom. The fourth-order valence-corrected chi connectivity index (χ4v) is 3.03. The van der Waals surface area contributed by atoms with Crippen molar-refractivity contribution in [2.24, 2.45) is 0 Å². The maximum atomic E-state index is 12.9. The van der Waals surface area contributed by atoms with Gasteiger partial charge in [-0.25, -0.2) is 9.37 Å². The van der Waals surface area contributed by atoms with Crippen LogP contribution in [0, 0.1) is 5.82 Å². The van der Waals surface area contributed by atoms with Crippen LogP contribution in [0.5, 0.6) is 0 Å². The summed E-state index contributed by atoms with van der Waals surface area (Å²) in [6.45, 7) is 6.22. The molecule has 1 heterocycles. The van der Waals surface area contributed by atoms with Gasteiger partial charge in [-0.1, -0.05) is 12.1 Å². The van der Waals surface area contributed by atoms with Crippen LogP contribution in [0.3, 0.4) is 0 Å². The minimum absolute atomic E-state index is 0.175. The number of carbonyl (C=O) groups is 1. The van der Waals surface area contributed by atoms with E-state index >= 15 is 0 Å². The summed E-state index contributed by atoms with van der Waals surface area (Å²) >= 11 is 0. The molecule has 1 aromatic heterocycles. The van der Waals surface area contributed by atoms with Crippen molar-refractivity contribution in [3.63, 3.8) is 0 Å². The molecule has 0 spiro atoms. The first-order chi connectivity index (χ1) is 14.1. The smallest absolute Gasteiger partial charge is 0.228 e. The van der Waals surface area contributed by atoms with E-state index in [1.54, 1.807) is 24.4 Å². The molecular weight excluding hydrogens is 367 g/mol. The molecule has 0 aliphatic heterocycles. The highest BCUT2D eigenvalue weighted by Crippen LogP contribution is 2.21. The maximum Gasteiger partial charge on any atom is 0.228 e. The van der Waals surface area contributed by atoms with Crippen LogP contribution in [0.1, 0.15) is 19.4 Å². The number of hydrogen-bond acceptors (Lipinski definition) is 4. The molecule has 5 nitrogen and oxygen atoms in total. The number of rotatable bonds is 8. The van der Waals surface area contributed by atoms with Gasteiger partial charge < -0.3 is 15.5 Å². The molecule has 0 bridgehead atoms. The molecule has 0 saturated carbocycles. The first-order valence-corrected chi connectivity index (χ1v) is 9.69. The van der Waals surface area contributed by atoms with Gasteiger partial charge in [0.1, 0.15) is 11.6 Å². The van der Waals surface area contributed by atoms with E-state index in [1.165, 1.54) is 17.8 Å². The molecule has 0 aliphatic rings. The van der Waals surface area contributed by atoms with Crippen LogP contribution in [0.25, 0.3) is 0 Å². The average molecular weight is 392 g/mol. The Hall–Kier alpha value is -3.41. The summed E-state index contributed by atoms with van der Waals surface area (Å²) in [5, 5.41) is 6.05. The minimum Gasteiger partial charge on any atom is -0.372 e. The second-order valence-corrected chi connectivity index (χ2v) is 6.63. The molecule has 150 valence electrons. The molecule has 0 atom stereocenters. The molecule has 29 heavy (non-hydrogen) atoms. The largest absolute Gasteiger partial charge is 0.372 e. The highest BCUT2D eigenvalue weighted by molar-refractivity contribution is 5.92. The van der Waals surface area contributed by atoms with E-state index in [0.29, 0.717) is 11.5 Å². The van der Waals surface area contributed by atoms with Crippen LogP contribution in [0.15, 0.2) is 66.9 Å². The van der Waals surface area contributed by atoms with Crippen LogP contribution in [-0.2, 0) is 11.2 Å². The number of aromatic nitrogens is 1. The third-order valence-corrected chi connectivity index (χ3v) is 4.59. The summed E-state index contributed by atoms with van der Waals surface area (Å²) in [4.78, 5) is 18.8.